The highest BCUT2D eigenvalue weighted by atomic mass is 16.6. The van der Waals surface area contributed by atoms with Crippen LogP contribution in [-0.2, 0) is 14.3 Å². The van der Waals surface area contributed by atoms with Gasteiger partial charge in [0.1, 0.15) is 30.3 Å². The molecule has 0 radical (unpaired) electrons. The van der Waals surface area contributed by atoms with E-state index < -0.39 is 30.3 Å². The predicted molar refractivity (Wildman–Crippen MR) is 130 cm³/mol. The van der Waals surface area contributed by atoms with E-state index in [0.717, 1.165) is 0 Å². The van der Waals surface area contributed by atoms with Crippen LogP contribution in [0.4, 0.5) is 5.82 Å². The van der Waals surface area contributed by atoms with Gasteiger partial charge < -0.3 is 20.3 Å². The number of hydrogen-bond acceptors (Lipinski definition) is 9. The summed E-state index contributed by atoms with van der Waals surface area (Å²) < 4.78 is 13.4. The van der Waals surface area contributed by atoms with Gasteiger partial charge in [-0.05, 0) is 18.6 Å². The normalized spacial score (nSPS) is 20.3. The molecular formula is C26H25N5O5. The van der Waals surface area contributed by atoms with Crippen molar-refractivity contribution in [1.29, 1.82) is 0 Å². The summed E-state index contributed by atoms with van der Waals surface area (Å²) in [5.74, 6) is -0.981. The maximum Gasteiger partial charge on any atom is 0.313 e. The van der Waals surface area contributed by atoms with E-state index >= 15 is 0 Å². The Morgan fingerprint density at radius 2 is 1.92 bits per heavy atom. The summed E-state index contributed by atoms with van der Waals surface area (Å²) in [5, 5.41) is 9.86. The van der Waals surface area contributed by atoms with Gasteiger partial charge in [0.15, 0.2) is 17.2 Å². The predicted octanol–water partition coefficient (Wildman–Crippen LogP) is 2.63. The Balaban J connectivity index is 1.30. The number of nitrogens with two attached hydrogens (primary N) is 1. The van der Waals surface area contributed by atoms with Gasteiger partial charge in [-0.15, -0.1) is 0 Å². The first-order valence-electron chi connectivity index (χ1n) is 11.6. The highest BCUT2D eigenvalue weighted by Crippen LogP contribution is 2.34. The average molecular weight is 488 g/mol. The number of ether oxygens (including phenoxy) is 2. The summed E-state index contributed by atoms with van der Waals surface area (Å²) in [5.41, 5.74) is 8.52. The molecule has 1 aliphatic heterocycles. The van der Waals surface area contributed by atoms with Gasteiger partial charge in [0.2, 0.25) is 0 Å². The minimum atomic E-state index is -0.714. The lowest BCUT2D eigenvalue weighted by molar-refractivity contribution is -0.154. The van der Waals surface area contributed by atoms with Gasteiger partial charge in [-0.1, -0.05) is 48.5 Å². The highest BCUT2D eigenvalue weighted by molar-refractivity contribution is 6.09. The van der Waals surface area contributed by atoms with E-state index in [-0.39, 0.29) is 18.2 Å². The van der Waals surface area contributed by atoms with Crippen LogP contribution < -0.4 is 5.73 Å². The van der Waals surface area contributed by atoms with Crippen LogP contribution in [0.3, 0.4) is 0 Å². The van der Waals surface area contributed by atoms with E-state index in [0.29, 0.717) is 34.3 Å². The molecule has 1 saturated heterocycles. The molecule has 10 nitrogen and oxygen atoms in total. The molecule has 0 amide bonds. The molecule has 1 fully saturated rings. The van der Waals surface area contributed by atoms with E-state index in [1.54, 1.807) is 60.0 Å². The van der Waals surface area contributed by atoms with E-state index in [1.807, 2.05) is 6.07 Å². The Morgan fingerprint density at radius 3 is 2.69 bits per heavy atom. The molecule has 2 aromatic heterocycles. The Labute approximate surface area is 206 Å². The van der Waals surface area contributed by atoms with Crippen LogP contribution in [0.25, 0.3) is 11.2 Å². The molecule has 5 rings (SSSR count). The molecule has 1 aliphatic rings. The summed E-state index contributed by atoms with van der Waals surface area (Å²) >= 11 is 0. The second-order valence-electron chi connectivity index (χ2n) is 8.65. The molecule has 36 heavy (non-hydrogen) atoms. The van der Waals surface area contributed by atoms with Gasteiger partial charge in [0.05, 0.1) is 18.9 Å². The number of rotatable bonds is 7. The monoisotopic (exact) mass is 487 g/mol. The van der Waals surface area contributed by atoms with E-state index in [4.69, 9.17) is 15.2 Å². The summed E-state index contributed by atoms with van der Waals surface area (Å²) in [7, 11) is 0. The van der Waals surface area contributed by atoms with Crippen molar-refractivity contribution in [2.24, 2.45) is 0 Å². The third-order valence-electron chi connectivity index (χ3n) is 6.36. The first-order valence-corrected chi connectivity index (χ1v) is 11.6. The van der Waals surface area contributed by atoms with Crippen molar-refractivity contribution in [3.05, 3.63) is 83.9 Å². The van der Waals surface area contributed by atoms with Crippen molar-refractivity contribution in [3.8, 4) is 0 Å². The van der Waals surface area contributed by atoms with Crippen LogP contribution in [0, 0.1) is 0 Å². The molecule has 10 heteroatoms. The minimum absolute atomic E-state index is 0.123. The number of carbonyl (C=O) groups excluding carboxylic acids is 2. The second kappa shape index (κ2) is 9.84. The van der Waals surface area contributed by atoms with Crippen molar-refractivity contribution in [3.63, 3.8) is 0 Å². The smallest absolute Gasteiger partial charge is 0.313 e. The number of aliphatic hydroxyl groups is 1. The zero-order valence-electron chi connectivity index (χ0n) is 19.5. The first-order chi connectivity index (χ1) is 17.5. The summed E-state index contributed by atoms with van der Waals surface area (Å²) in [6.07, 6.45) is 1.22. The molecule has 0 saturated carbocycles. The summed E-state index contributed by atoms with van der Waals surface area (Å²) in [4.78, 5) is 38.3. The van der Waals surface area contributed by atoms with Gasteiger partial charge in [0.25, 0.3) is 0 Å². The Hall–Kier alpha value is -4.15. The number of anilines is 1. The maximum atomic E-state index is 13.1. The molecule has 3 heterocycles. The standard InChI is InChI=1S/C26H25N5O5/c1-15(17-8-5-9-18(10-17)23(33)16-6-3-2-4-7-16)26(34)36-19-11-21(35-20(19)12-32)31-14-30-22-24(27)28-13-29-25(22)31/h2-10,13-15,19-21,32H,11-12H2,1H3,(H2,27,28,29)/t15-,19-,20+,21+/m0/s1. The number of ketones is 1. The molecule has 2 aromatic carbocycles. The van der Waals surface area contributed by atoms with E-state index in [2.05, 4.69) is 15.0 Å². The lowest BCUT2D eigenvalue weighted by Crippen LogP contribution is -2.31. The van der Waals surface area contributed by atoms with Crippen LogP contribution in [0.15, 0.2) is 67.3 Å². The third kappa shape index (κ3) is 4.43. The molecular weight excluding hydrogens is 462 g/mol. The van der Waals surface area contributed by atoms with Crippen LogP contribution in [0.2, 0.25) is 0 Å². The lowest BCUT2D eigenvalue weighted by atomic mass is 9.95. The first kappa shape index (κ1) is 23.6. The molecule has 4 aromatic rings. The number of carbonyl (C=O) groups is 2. The van der Waals surface area contributed by atoms with Crippen molar-refractivity contribution in [1.82, 2.24) is 19.5 Å². The van der Waals surface area contributed by atoms with Crippen molar-refractivity contribution < 1.29 is 24.2 Å². The lowest BCUT2D eigenvalue weighted by Gasteiger charge is -2.19. The topological polar surface area (TPSA) is 142 Å². The van der Waals surface area contributed by atoms with Crippen LogP contribution in [0.1, 0.15) is 47.0 Å². The van der Waals surface area contributed by atoms with Crippen molar-refractivity contribution >= 4 is 28.7 Å². The van der Waals surface area contributed by atoms with Gasteiger partial charge in [-0.3, -0.25) is 14.2 Å². The van der Waals surface area contributed by atoms with E-state index in [9.17, 15) is 14.7 Å². The van der Waals surface area contributed by atoms with Crippen LogP contribution in [0.5, 0.6) is 0 Å². The number of benzene rings is 2. The second-order valence-corrected chi connectivity index (χ2v) is 8.65. The van der Waals surface area contributed by atoms with Crippen molar-refractivity contribution in [2.45, 2.75) is 37.7 Å². The summed E-state index contributed by atoms with van der Waals surface area (Å²) in [6, 6.07) is 15.9. The highest BCUT2D eigenvalue weighted by Gasteiger charge is 2.40. The molecule has 0 bridgehead atoms. The zero-order valence-corrected chi connectivity index (χ0v) is 19.5. The molecule has 0 spiro atoms. The number of aromatic nitrogens is 4. The number of imidazole rings is 1. The molecule has 4 atom stereocenters. The molecule has 0 unspecified atom stereocenters. The van der Waals surface area contributed by atoms with Crippen LogP contribution >= 0.6 is 0 Å². The van der Waals surface area contributed by atoms with Crippen molar-refractivity contribution in [2.75, 3.05) is 12.3 Å². The van der Waals surface area contributed by atoms with Crippen LogP contribution in [-0.4, -0.2) is 55.2 Å². The largest absolute Gasteiger partial charge is 0.459 e. The number of hydrogen-bond donors (Lipinski definition) is 2. The van der Waals surface area contributed by atoms with Gasteiger partial charge in [-0.25, -0.2) is 15.0 Å². The molecule has 184 valence electrons. The quantitative estimate of drug-likeness (QED) is 0.297. The van der Waals surface area contributed by atoms with Gasteiger partial charge in [-0.2, -0.15) is 0 Å². The van der Waals surface area contributed by atoms with E-state index in [1.165, 1.54) is 12.7 Å². The zero-order chi connectivity index (χ0) is 25.2. The number of nitrogen functional groups attached to an aromatic ring is 1. The molecule has 3 N–H and O–H groups in total. The Bertz CT molecular complexity index is 1410. The Morgan fingerprint density at radius 1 is 1.14 bits per heavy atom. The maximum absolute atomic E-state index is 13.1. The number of aliphatic hydroxyl groups excluding tert-OH is 1. The number of nitrogens with zero attached hydrogens (tertiary/aromatic N) is 4. The number of fused-ring (bicyclic) bond motifs is 1. The fourth-order valence-electron chi connectivity index (χ4n) is 4.33. The molecule has 0 aliphatic carbocycles. The fraction of sp³-hybridized carbons (Fsp3) is 0.269. The Kier molecular flexibility index (Phi) is 6.45. The number of esters is 1. The summed E-state index contributed by atoms with van der Waals surface area (Å²) in [6.45, 7) is 1.40. The minimum Gasteiger partial charge on any atom is -0.459 e. The average Bonchev–Trinajstić information content (AvgIpc) is 3.53. The fourth-order valence-corrected chi connectivity index (χ4v) is 4.33. The third-order valence-corrected chi connectivity index (χ3v) is 6.36. The SMILES string of the molecule is C[C@H](C(=O)O[C@H]1C[C@H](n2cnc3c(N)ncnc32)O[C@@H]1CO)c1cccc(C(=O)c2ccccc2)c1. The van der Waals surface area contributed by atoms with Gasteiger partial charge >= 0.3 is 5.97 Å². The van der Waals surface area contributed by atoms with Gasteiger partial charge in [0, 0.05) is 17.5 Å².